The minimum atomic E-state index is -1.25. The summed E-state index contributed by atoms with van der Waals surface area (Å²) in [6.07, 6.45) is 11.6. The fraction of sp³-hybridized carbons (Fsp3) is 0.750. The Morgan fingerprint density at radius 1 is 0.603 bits per heavy atom. The molecule has 5 atom stereocenters. The number of aromatic nitrogens is 2. The van der Waals surface area contributed by atoms with E-state index >= 15 is 0 Å². The molecule has 2 aromatic rings. The van der Waals surface area contributed by atoms with Crippen LogP contribution in [0.15, 0.2) is 27.7 Å². The summed E-state index contributed by atoms with van der Waals surface area (Å²) in [5, 5.41) is 0. The van der Waals surface area contributed by atoms with Crippen molar-refractivity contribution in [3.8, 4) is 0 Å². The second kappa shape index (κ2) is 29.1. The van der Waals surface area contributed by atoms with Crippen molar-refractivity contribution in [2.45, 2.75) is 207 Å². The second-order valence-corrected chi connectivity index (χ2v) is 15.4. The lowest BCUT2D eigenvalue weighted by Crippen LogP contribution is -2.45. The third-order valence-corrected chi connectivity index (χ3v) is 9.45. The zero-order chi connectivity index (χ0) is 42.7. The summed E-state index contributed by atoms with van der Waals surface area (Å²) in [5.41, 5.74) is 0.116. The molecule has 58 heavy (non-hydrogen) atoms. The van der Waals surface area contributed by atoms with E-state index in [1.807, 2.05) is 27.7 Å². The number of nitrogens with zero attached hydrogens (tertiary/aromatic N) is 2. The van der Waals surface area contributed by atoms with Crippen molar-refractivity contribution in [3.05, 3.63) is 36.2 Å². The van der Waals surface area contributed by atoms with E-state index in [0.717, 1.165) is 25.2 Å². The largest absolute Gasteiger partial charge is 0.459 e. The van der Waals surface area contributed by atoms with Crippen molar-refractivity contribution >= 4 is 29.8 Å². The van der Waals surface area contributed by atoms with Crippen LogP contribution in [0.2, 0.25) is 0 Å². The molecule has 0 N–H and O–H groups in total. The molecule has 2 heterocycles. The summed E-state index contributed by atoms with van der Waals surface area (Å²) in [7, 11) is 0. The van der Waals surface area contributed by atoms with Gasteiger partial charge in [0, 0.05) is 38.5 Å². The summed E-state index contributed by atoms with van der Waals surface area (Å²) in [6.45, 7) is 13.4. The Balaban J connectivity index is 2.29. The monoisotopic (exact) mass is 818 g/mol. The van der Waals surface area contributed by atoms with Crippen molar-refractivity contribution in [1.82, 2.24) is 9.97 Å². The van der Waals surface area contributed by atoms with Crippen LogP contribution in [-0.4, -0.2) is 58.1 Å². The van der Waals surface area contributed by atoms with Gasteiger partial charge in [0.2, 0.25) is 12.0 Å². The van der Waals surface area contributed by atoms with Crippen LogP contribution in [0, 0.1) is 5.92 Å². The summed E-state index contributed by atoms with van der Waals surface area (Å²) < 4.78 is 40.4. The number of esters is 5. The molecule has 2 aromatic heterocycles. The Hall–Kier alpha value is -4.23. The van der Waals surface area contributed by atoms with E-state index < -0.39 is 60.4 Å². The maximum absolute atomic E-state index is 13.1. The molecular formula is C44H70N2O12. The molecule has 0 aromatic carbocycles. The van der Waals surface area contributed by atoms with Gasteiger partial charge in [-0.1, -0.05) is 99.3 Å². The van der Waals surface area contributed by atoms with E-state index in [1.54, 1.807) is 6.92 Å². The van der Waals surface area contributed by atoms with Crippen molar-refractivity contribution < 1.29 is 56.5 Å². The first-order valence-electron chi connectivity index (χ1n) is 21.7. The summed E-state index contributed by atoms with van der Waals surface area (Å²) in [6, 6.07) is 0. The molecule has 2 rings (SSSR count). The van der Waals surface area contributed by atoms with E-state index in [1.165, 1.54) is 57.4 Å². The molecule has 0 radical (unpaired) electrons. The van der Waals surface area contributed by atoms with Crippen LogP contribution in [0.5, 0.6) is 0 Å². The molecule has 0 aliphatic carbocycles. The first-order valence-corrected chi connectivity index (χ1v) is 21.7. The van der Waals surface area contributed by atoms with Crippen LogP contribution in [0.1, 0.15) is 206 Å². The smallest absolute Gasteiger partial charge is 0.307 e. The zero-order valence-electron chi connectivity index (χ0n) is 36.1. The van der Waals surface area contributed by atoms with Crippen molar-refractivity contribution in [3.63, 3.8) is 0 Å². The van der Waals surface area contributed by atoms with Crippen LogP contribution in [0.4, 0.5) is 0 Å². The Labute approximate surface area is 345 Å². The number of ether oxygens (including phenoxy) is 5. The van der Waals surface area contributed by atoms with Gasteiger partial charge in [0.1, 0.15) is 24.2 Å². The van der Waals surface area contributed by atoms with Gasteiger partial charge >= 0.3 is 29.8 Å². The van der Waals surface area contributed by atoms with Crippen molar-refractivity contribution in [2.24, 2.45) is 5.92 Å². The number of unbranched alkanes of at least 4 members (excludes halogenated alkanes) is 8. The van der Waals surface area contributed by atoms with Gasteiger partial charge in [-0.3, -0.25) is 24.0 Å². The van der Waals surface area contributed by atoms with E-state index in [4.69, 9.17) is 32.5 Å². The molecule has 0 aliphatic heterocycles. The Bertz CT molecular complexity index is 1460. The molecule has 0 fully saturated rings. The Morgan fingerprint density at radius 3 is 1.67 bits per heavy atom. The van der Waals surface area contributed by atoms with Crippen molar-refractivity contribution in [2.75, 3.05) is 0 Å². The minimum Gasteiger partial charge on any atom is -0.459 e. The summed E-state index contributed by atoms with van der Waals surface area (Å²) in [4.78, 5) is 73.2. The van der Waals surface area contributed by atoms with Crippen LogP contribution >= 0.6 is 0 Å². The zero-order valence-corrected chi connectivity index (χ0v) is 36.1. The first kappa shape index (κ1) is 49.9. The van der Waals surface area contributed by atoms with E-state index in [0.29, 0.717) is 32.1 Å². The molecule has 0 spiro atoms. The highest BCUT2D eigenvalue weighted by Gasteiger charge is 2.40. The lowest BCUT2D eigenvalue weighted by atomic mass is 10.00. The van der Waals surface area contributed by atoms with Crippen LogP contribution < -0.4 is 0 Å². The standard InChI is InChI=1S/C44H70N2O12/c1-8-21-37(47)54-32(7)42(57-40(50)24-11-4)35(56-39(49)23-10-3)27-34(55-38(48)22-9-2)33-29-52-44(46-33)43(36-28-45-30-53-36)58-41(51)26-20-18-16-14-12-13-15-17-19-25-31(5)6/h28-32,34-35,42-43H,8-27H2,1-7H3. The van der Waals surface area contributed by atoms with Gasteiger partial charge < -0.3 is 32.5 Å². The fourth-order valence-electron chi connectivity index (χ4n) is 6.37. The molecule has 0 bridgehead atoms. The predicted molar refractivity (Wildman–Crippen MR) is 215 cm³/mol. The molecule has 0 aliphatic rings. The van der Waals surface area contributed by atoms with Gasteiger partial charge in [0.05, 0.1) is 6.20 Å². The lowest BCUT2D eigenvalue weighted by molar-refractivity contribution is -0.188. The first-order chi connectivity index (χ1) is 27.9. The van der Waals surface area contributed by atoms with Gasteiger partial charge in [0.15, 0.2) is 24.4 Å². The number of hydrogen-bond donors (Lipinski definition) is 0. The van der Waals surface area contributed by atoms with Crippen LogP contribution in [0.25, 0.3) is 0 Å². The van der Waals surface area contributed by atoms with Gasteiger partial charge in [-0.05, 0) is 44.9 Å². The van der Waals surface area contributed by atoms with Crippen LogP contribution in [0.3, 0.4) is 0 Å². The van der Waals surface area contributed by atoms with Gasteiger partial charge in [-0.25, -0.2) is 9.97 Å². The maximum Gasteiger partial charge on any atom is 0.307 e. The summed E-state index contributed by atoms with van der Waals surface area (Å²) >= 11 is 0. The predicted octanol–water partition coefficient (Wildman–Crippen LogP) is 10.2. The van der Waals surface area contributed by atoms with Crippen molar-refractivity contribution in [1.29, 1.82) is 0 Å². The number of carbonyl (C=O) groups excluding carboxylic acids is 5. The lowest BCUT2D eigenvalue weighted by Gasteiger charge is -2.32. The second-order valence-electron chi connectivity index (χ2n) is 15.4. The Kier molecular flexibility index (Phi) is 25.0. The quantitative estimate of drug-likeness (QED) is 0.0386. The van der Waals surface area contributed by atoms with E-state index in [9.17, 15) is 24.0 Å². The number of carbonyl (C=O) groups is 5. The number of rotatable bonds is 32. The highest BCUT2D eigenvalue weighted by molar-refractivity contribution is 5.72. The van der Waals surface area contributed by atoms with Crippen LogP contribution in [-0.2, 0) is 47.7 Å². The average molecular weight is 819 g/mol. The highest BCUT2D eigenvalue weighted by atomic mass is 16.6. The maximum atomic E-state index is 13.1. The normalized spacial score (nSPS) is 13.9. The van der Waals surface area contributed by atoms with E-state index in [2.05, 4.69) is 23.8 Å². The molecule has 0 saturated carbocycles. The fourth-order valence-corrected chi connectivity index (χ4v) is 6.37. The molecule has 328 valence electrons. The molecule has 0 saturated heterocycles. The summed E-state index contributed by atoms with van der Waals surface area (Å²) in [5.74, 6) is -1.82. The molecule has 14 nitrogen and oxygen atoms in total. The third-order valence-electron chi connectivity index (χ3n) is 9.45. The number of oxazole rings is 2. The Morgan fingerprint density at radius 2 is 1.12 bits per heavy atom. The van der Waals surface area contributed by atoms with Gasteiger partial charge in [-0.2, -0.15) is 0 Å². The molecule has 5 unspecified atom stereocenters. The molecule has 14 heteroatoms. The third kappa shape index (κ3) is 20.0. The number of hydrogen-bond acceptors (Lipinski definition) is 14. The molecular weight excluding hydrogens is 748 g/mol. The molecule has 0 amide bonds. The topological polar surface area (TPSA) is 184 Å². The minimum absolute atomic E-state index is 0.0580. The average Bonchev–Trinajstić information content (AvgIpc) is 3.89. The highest BCUT2D eigenvalue weighted by Crippen LogP contribution is 2.32. The SMILES string of the molecule is CCCC(=O)OC(CC(OC(=O)CCC)C(OC(=O)CCC)C(C)OC(=O)CCC)c1coc(C(OC(=O)CCCCCCCCCCCC(C)C)c2cnco2)n1. The van der Waals surface area contributed by atoms with E-state index in [-0.39, 0.29) is 55.9 Å². The van der Waals surface area contributed by atoms with Gasteiger partial charge in [-0.15, -0.1) is 0 Å². The van der Waals surface area contributed by atoms with Gasteiger partial charge in [0.25, 0.3) is 0 Å².